The van der Waals surface area contributed by atoms with E-state index in [1.807, 2.05) is 0 Å². The molecule has 0 aromatic heterocycles. The average Bonchev–Trinajstić information content (AvgIpc) is 2.31. The third kappa shape index (κ3) is 4.07. The molecule has 1 unspecified atom stereocenters. The fourth-order valence-corrected chi connectivity index (χ4v) is 1.60. The standard InChI is InChI=1S/C12H15ClFNO2/c1-17-6-5-10(15)11(16)7-8-3-2-4-9(14)12(8)13/h2-4,10H,5-7,15H2,1H3. The molecular weight excluding hydrogens is 245 g/mol. The summed E-state index contributed by atoms with van der Waals surface area (Å²) in [4.78, 5) is 11.7. The van der Waals surface area contributed by atoms with E-state index < -0.39 is 11.9 Å². The summed E-state index contributed by atoms with van der Waals surface area (Å²) in [5.74, 6) is -0.697. The summed E-state index contributed by atoms with van der Waals surface area (Å²) in [6.07, 6.45) is 0.490. The van der Waals surface area contributed by atoms with Crippen LogP contribution in [0.5, 0.6) is 0 Å². The molecule has 0 aliphatic carbocycles. The smallest absolute Gasteiger partial charge is 0.154 e. The van der Waals surface area contributed by atoms with Gasteiger partial charge < -0.3 is 10.5 Å². The Hall–Kier alpha value is -0.970. The number of carbonyl (C=O) groups is 1. The topological polar surface area (TPSA) is 52.3 Å². The molecule has 5 heteroatoms. The molecule has 0 aliphatic rings. The van der Waals surface area contributed by atoms with Gasteiger partial charge >= 0.3 is 0 Å². The van der Waals surface area contributed by atoms with E-state index in [2.05, 4.69) is 0 Å². The number of ether oxygens (including phenoxy) is 1. The Morgan fingerprint density at radius 2 is 2.29 bits per heavy atom. The molecule has 0 aliphatic heterocycles. The van der Waals surface area contributed by atoms with E-state index in [-0.39, 0.29) is 17.2 Å². The molecule has 1 aromatic rings. The number of halogens is 2. The fraction of sp³-hybridized carbons (Fsp3) is 0.417. The molecule has 17 heavy (non-hydrogen) atoms. The van der Waals surface area contributed by atoms with E-state index in [1.54, 1.807) is 13.2 Å². The lowest BCUT2D eigenvalue weighted by Gasteiger charge is -2.10. The molecule has 0 saturated heterocycles. The van der Waals surface area contributed by atoms with Crippen molar-refractivity contribution in [2.45, 2.75) is 18.9 Å². The van der Waals surface area contributed by atoms with Gasteiger partial charge in [-0.3, -0.25) is 4.79 Å². The third-order valence-corrected chi connectivity index (χ3v) is 2.87. The molecule has 1 rings (SSSR count). The number of Topliss-reactive ketones (excluding diaryl/α,β-unsaturated/α-hetero) is 1. The molecule has 3 nitrogen and oxygen atoms in total. The number of rotatable bonds is 6. The largest absolute Gasteiger partial charge is 0.385 e. The first-order chi connectivity index (χ1) is 8.06. The maximum Gasteiger partial charge on any atom is 0.154 e. The Balaban J connectivity index is 2.64. The van der Waals surface area contributed by atoms with Crippen molar-refractivity contribution in [2.75, 3.05) is 13.7 Å². The number of carbonyl (C=O) groups excluding carboxylic acids is 1. The Labute approximate surface area is 105 Å². The van der Waals surface area contributed by atoms with Crippen molar-refractivity contribution in [1.29, 1.82) is 0 Å². The van der Waals surface area contributed by atoms with Gasteiger partial charge in [0.15, 0.2) is 5.78 Å². The highest BCUT2D eigenvalue weighted by Crippen LogP contribution is 2.20. The van der Waals surface area contributed by atoms with Crippen molar-refractivity contribution >= 4 is 17.4 Å². The van der Waals surface area contributed by atoms with Crippen LogP contribution >= 0.6 is 11.6 Å². The highest BCUT2D eigenvalue weighted by Gasteiger charge is 2.16. The Kier molecular flexibility index (Phi) is 5.55. The second-order valence-electron chi connectivity index (χ2n) is 3.74. The lowest BCUT2D eigenvalue weighted by atomic mass is 10.0. The van der Waals surface area contributed by atoms with Crippen LogP contribution in [0, 0.1) is 5.82 Å². The molecule has 94 valence electrons. The summed E-state index contributed by atoms with van der Waals surface area (Å²) in [5, 5.41) is -0.0141. The molecule has 0 fully saturated rings. The summed E-state index contributed by atoms with van der Waals surface area (Å²) in [6.45, 7) is 0.420. The maximum atomic E-state index is 13.1. The van der Waals surface area contributed by atoms with Gasteiger partial charge in [0.05, 0.1) is 11.1 Å². The highest BCUT2D eigenvalue weighted by atomic mass is 35.5. The van der Waals surface area contributed by atoms with Crippen LogP contribution in [0.1, 0.15) is 12.0 Å². The number of ketones is 1. The third-order valence-electron chi connectivity index (χ3n) is 2.44. The quantitative estimate of drug-likeness (QED) is 0.850. The summed E-state index contributed by atoms with van der Waals surface area (Å²) in [6, 6.07) is 3.78. The molecule has 0 amide bonds. The number of hydrogen-bond acceptors (Lipinski definition) is 3. The van der Waals surface area contributed by atoms with Crippen molar-refractivity contribution in [3.63, 3.8) is 0 Å². The predicted molar refractivity (Wildman–Crippen MR) is 64.6 cm³/mol. The van der Waals surface area contributed by atoms with Crippen molar-refractivity contribution in [1.82, 2.24) is 0 Å². The van der Waals surface area contributed by atoms with Gasteiger partial charge in [0.1, 0.15) is 5.82 Å². The summed E-state index contributed by atoms with van der Waals surface area (Å²) in [5.41, 5.74) is 6.14. The van der Waals surface area contributed by atoms with Gasteiger partial charge in [-0.2, -0.15) is 0 Å². The molecule has 0 radical (unpaired) electrons. The molecular formula is C12H15ClFNO2. The van der Waals surface area contributed by atoms with Crippen LogP contribution < -0.4 is 5.73 Å². The molecule has 0 heterocycles. The van der Waals surface area contributed by atoms with E-state index in [0.717, 1.165) is 0 Å². The average molecular weight is 260 g/mol. The van der Waals surface area contributed by atoms with E-state index >= 15 is 0 Å². The minimum absolute atomic E-state index is 0.0141. The first kappa shape index (κ1) is 14.1. The van der Waals surface area contributed by atoms with Gasteiger partial charge in [0.2, 0.25) is 0 Å². The zero-order valence-corrected chi connectivity index (χ0v) is 10.3. The lowest BCUT2D eigenvalue weighted by Crippen LogP contribution is -2.33. The van der Waals surface area contributed by atoms with Gasteiger partial charge in [0, 0.05) is 20.1 Å². The maximum absolute atomic E-state index is 13.1. The van der Waals surface area contributed by atoms with Gasteiger partial charge in [-0.05, 0) is 18.1 Å². The normalized spacial score (nSPS) is 12.5. The van der Waals surface area contributed by atoms with E-state index in [9.17, 15) is 9.18 Å². The highest BCUT2D eigenvalue weighted by molar-refractivity contribution is 6.31. The molecule has 0 spiro atoms. The van der Waals surface area contributed by atoms with E-state index in [1.165, 1.54) is 12.1 Å². The van der Waals surface area contributed by atoms with Crippen molar-refractivity contribution < 1.29 is 13.9 Å². The van der Waals surface area contributed by atoms with Crippen LogP contribution in [0.3, 0.4) is 0 Å². The molecule has 1 aromatic carbocycles. The van der Waals surface area contributed by atoms with Crippen LogP contribution in [-0.2, 0) is 16.0 Å². The number of nitrogens with two attached hydrogens (primary N) is 1. The Morgan fingerprint density at radius 1 is 1.59 bits per heavy atom. The summed E-state index contributed by atoms with van der Waals surface area (Å²) < 4.78 is 18.0. The zero-order chi connectivity index (χ0) is 12.8. The molecule has 0 saturated carbocycles. The van der Waals surface area contributed by atoms with E-state index in [0.29, 0.717) is 18.6 Å². The predicted octanol–water partition coefficient (Wildman–Crippen LogP) is 1.95. The first-order valence-corrected chi connectivity index (χ1v) is 5.64. The SMILES string of the molecule is COCCC(N)C(=O)Cc1cccc(F)c1Cl. The Morgan fingerprint density at radius 3 is 2.94 bits per heavy atom. The van der Waals surface area contributed by atoms with Crippen LogP contribution in [0.2, 0.25) is 5.02 Å². The van der Waals surface area contributed by atoms with Crippen molar-refractivity contribution in [3.8, 4) is 0 Å². The van der Waals surface area contributed by atoms with Crippen LogP contribution in [-0.4, -0.2) is 25.5 Å². The van der Waals surface area contributed by atoms with Crippen molar-refractivity contribution in [2.24, 2.45) is 5.73 Å². The molecule has 2 N–H and O–H groups in total. The summed E-state index contributed by atoms with van der Waals surface area (Å²) in [7, 11) is 1.54. The van der Waals surface area contributed by atoms with Crippen LogP contribution in [0.25, 0.3) is 0 Å². The monoisotopic (exact) mass is 259 g/mol. The van der Waals surface area contributed by atoms with Gasteiger partial charge in [-0.15, -0.1) is 0 Å². The number of hydrogen-bond donors (Lipinski definition) is 1. The van der Waals surface area contributed by atoms with Gasteiger partial charge in [0.25, 0.3) is 0 Å². The van der Waals surface area contributed by atoms with Gasteiger partial charge in [-0.1, -0.05) is 23.7 Å². The molecule has 1 atom stereocenters. The van der Waals surface area contributed by atoms with E-state index in [4.69, 9.17) is 22.1 Å². The van der Waals surface area contributed by atoms with Crippen LogP contribution in [0.15, 0.2) is 18.2 Å². The first-order valence-electron chi connectivity index (χ1n) is 5.26. The fourth-order valence-electron chi connectivity index (χ4n) is 1.41. The zero-order valence-electron chi connectivity index (χ0n) is 9.58. The second kappa shape index (κ2) is 6.69. The Bertz CT molecular complexity index is 398. The van der Waals surface area contributed by atoms with Crippen LogP contribution in [0.4, 0.5) is 4.39 Å². The number of benzene rings is 1. The lowest BCUT2D eigenvalue weighted by molar-refractivity contribution is -0.120. The number of methoxy groups -OCH3 is 1. The second-order valence-corrected chi connectivity index (χ2v) is 4.12. The minimum Gasteiger partial charge on any atom is -0.385 e. The molecule has 0 bridgehead atoms. The van der Waals surface area contributed by atoms with Crippen molar-refractivity contribution in [3.05, 3.63) is 34.6 Å². The van der Waals surface area contributed by atoms with Gasteiger partial charge in [-0.25, -0.2) is 4.39 Å². The summed E-state index contributed by atoms with van der Waals surface area (Å²) >= 11 is 5.75. The minimum atomic E-state index is -0.603.